The Morgan fingerprint density at radius 3 is 2.07 bits per heavy atom. The van der Waals surface area contributed by atoms with Gasteiger partial charge in [0, 0.05) is 12.4 Å². The van der Waals surface area contributed by atoms with Gasteiger partial charge in [0.1, 0.15) is 0 Å². The number of nitrogens with one attached hydrogen (secondary N) is 1. The first-order valence-corrected chi connectivity index (χ1v) is 6.04. The van der Waals surface area contributed by atoms with Gasteiger partial charge in [-0.15, -0.1) is 11.6 Å². The van der Waals surface area contributed by atoms with Gasteiger partial charge < -0.3 is 5.32 Å². The highest BCUT2D eigenvalue weighted by atomic mass is 35.5. The van der Waals surface area contributed by atoms with Crippen LogP contribution in [0.2, 0.25) is 0 Å². The van der Waals surface area contributed by atoms with Gasteiger partial charge in [-0.25, -0.2) is 0 Å². The van der Waals surface area contributed by atoms with Crippen LogP contribution in [0.3, 0.4) is 0 Å². The van der Waals surface area contributed by atoms with Crippen molar-refractivity contribution < 1.29 is 0 Å². The molecule has 0 aromatic heterocycles. The van der Waals surface area contributed by atoms with Crippen molar-refractivity contribution in [2.75, 3.05) is 19.0 Å². The Labute approximate surface area is 93.9 Å². The monoisotopic (exact) mass is 217 g/mol. The molecule has 1 N–H and O–H groups in total. The molecule has 0 aromatic rings. The van der Waals surface area contributed by atoms with E-state index >= 15 is 0 Å². The Bertz CT molecular complexity index is 144. The van der Waals surface area contributed by atoms with E-state index in [1.165, 1.54) is 0 Å². The van der Waals surface area contributed by atoms with E-state index < -0.39 is 0 Å². The quantitative estimate of drug-likeness (QED) is 0.392. The zero-order valence-electron chi connectivity index (χ0n) is 9.89. The van der Waals surface area contributed by atoms with Crippen molar-refractivity contribution in [3.05, 3.63) is 12.2 Å². The maximum atomic E-state index is 5.53. The van der Waals surface area contributed by atoms with E-state index in [0.29, 0.717) is 5.88 Å². The maximum Gasteiger partial charge on any atom is 0.0404 e. The molecule has 0 bridgehead atoms. The van der Waals surface area contributed by atoms with E-state index in [2.05, 4.69) is 39.1 Å². The summed E-state index contributed by atoms with van der Waals surface area (Å²) in [6, 6.07) is 0. The predicted molar refractivity (Wildman–Crippen MR) is 65.9 cm³/mol. The summed E-state index contributed by atoms with van der Waals surface area (Å²) in [6.07, 6.45) is 4.07. The van der Waals surface area contributed by atoms with Gasteiger partial charge in [0.15, 0.2) is 0 Å². The van der Waals surface area contributed by atoms with E-state index in [1.807, 2.05) is 6.08 Å². The zero-order valence-corrected chi connectivity index (χ0v) is 10.6. The third kappa shape index (κ3) is 6.44. The van der Waals surface area contributed by atoms with Crippen LogP contribution in [0.1, 0.15) is 27.7 Å². The van der Waals surface area contributed by atoms with Crippen LogP contribution in [0.15, 0.2) is 12.2 Å². The van der Waals surface area contributed by atoms with Gasteiger partial charge in [0.2, 0.25) is 0 Å². The van der Waals surface area contributed by atoms with Crippen molar-refractivity contribution in [2.24, 2.45) is 17.8 Å². The Kier molecular flexibility index (Phi) is 8.30. The predicted octanol–water partition coefficient (Wildman–Crippen LogP) is 3.30. The summed E-state index contributed by atoms with van der Waals surface area (Å²) in [4.78, 5) is 0. The summed E-state index contributed by atoms with van der Waals surface area (Å²) in [5.74, 6) is 2.87. The minimum Gasteiger partial charge on any atom is -0.313 e. The average molecular weight is 218 g/mol. The highest BCUT2D eigenvalue weighted by molar-refractivity contribution is 6.18. The summed E-state index contributed by atoms with van der Waals surface area (Å²) in [6.45, 7) is 11.2. The normalized spacial score (nSPS) is 12.6. The molecule has 84 valence electrons. The number of rotatable bonds is 7. The Morgan fingerprint density at radius 1 is 1.07 bits per heavy atom. The third-order valence-electron chi connectivity index (χ3n) is 2.61. The van der Waals surface area contributed by atoms with Gasteiger partial charge in [-0.1, -0.05) is 39.8 Å². The van der Waals surface area contributed by atoms with Crippen LogP contribution in [0.5, 0.6) is 0 Å². The van der Waals surface area contributed by atoms with Crippen LogP contribution < -0.4 is 5.32 Å². The smallest absolute Gasteiger partial charge is 0.0404 e. The van der Waals surface area contributed by atoms with Crippen LogP contribution >= 0.6 is 11.6 Å². The second-order valence-electron chi connectivity index (χ2n) is 4.44. The molecule has 0 saturated carbocycles. The molecule has 0 atom stereocenters. The molecule has 0 aromatic carbocycles. The summed E-state index contributed by atoms with van der Waals surface area (Å²) in [7, 11) is 0. The molecule has 0 amide bonds. The first-order valence-electron chi connectivity index (χ1n) is 5.51. The van der Waals surface area contributed by atoms with E-state index in [4.69, 9.17) is 11.6 Å². The molecule has 1 nitrogen and oxygen atoms in total. The number of allylic oxidation sites excluding steroid dienone is 1. The van der Waals surface area contributed by atoms with Crippen LogP contribution in [0, 0.1) is 17.8 Å². The van der Waals surface area contributed by atoms with Gasteiger partial charge in [-0.3, -0.25) is 0 Å². The van der Waals surface area contributed by atoms with Crippen LogP contribution in [0.4, 0.5) is 0 Å². The lowest BCUT2D eigenvalue weighted by Gasteiger charge is -2.24. The molecule has 0 radical (unpaired) electrons. The molecule has 0 rings (SSSR count). The van der Waals surface area contributed by atoms with Gasteiger partial charge in [0.05, 0.1) is 0 Å². The second-order valence-corrected chi connectivity index (χ2v) is 4.74. The van der Waals surface area contributed by atoms with Gasteiger partial charge in [0.25, 0.3) is 0 Å². The van der Waals surface area contributed by atoms with Crippen molar-refractivity contribution in [3.63, 3.8) is 0 Å². The van der Waals surface area contributed by atoms with Crippen molar-refractivity contribution in [1.29, 1.82) is 0 Å². The number of halogens is 1. The maximum absolute atomic E-state index is 5.53. The molecule has 0 aliphatic rings. The summed E-state index contributed by atoms with van der Waals surface area (Å²) in [5.41, 5.74) is 0. The SMILES string of the molecule is CC(C)C(CNC/C=C/CCl)C(C)C. The molecule has 0 spiro atoms. The molecule has 14 heavy (non-hydrogen) atoms. The first-order chi connectivity index (χ1) is 6.59. The average Bonchev–Trinajstić information content (AvgIpc) is 2.09. The lowest BCUT2D eigenvalue weighted by Crippen LogP contribution is -2.29. The molecule has 0 unspecified atom stereocenters. The van der Waals surface area contributed by atoms with Crippen LogP contribution in [0.25, 0.3) is 0 Å². The molecule has 2 heteroatoms. The largest absolute Gasteiger partial charge is 0.313 e. The summed E-state index contributed by atoms with van der Waals surface area (Å²) in [5, 5.41) is 3.44. The number of hydrogen-bond acceptors (Lipinski definition) is 1. The van der Waals surface area contributed by atoms with E-state index in [9.17, 15) is 0 Å². The molecule has 0 fully saturated rings. The van der Waals surface area contributed by atoms with Crippen molar-refractivity contribution in [2.45, 2.75) is 27.7 Å². The fourth-order valence-electron chi connectivity index (χ4n) is 1.72. The Hall–Kier alpha value is -0.0100. The molecule has 0 aliphatic carbocycles. The van der Waals surface area contributed by atoms with Crippen molar-refractivity contribution in [3.8, 4) is 0 Å². The minimum atomic E-state index is 0.611. The highest BCUT2D eigenvalue weighted by Gasteiger charge is 2.16. The van der Waals surface area contributed by atoms with Gasteiger partial charge >= 0.3 is 0 Å². The van der Waals surface area contributed by atoms with Crippen LogP contribution in [-0.4, -0.2) is 19.0 Å². The lowest BCUT2D eigenvalue weighted by atomic mass is 9.85. The molecule has 0 aliphatic heterocycles. The number of hydrogen-bond donors (Lipinski definition) is 1. The van der Waals surface area contributed by atoms with E-state index in [-0.39, 0.29) is 0 Å². The molecule has 0 saturated heterocycles. The minimum absolute atomic E-state index is 0.611. The first kappa shape index (κ1) is 14.0. The Balaban J connectivity index is 3.67. The fraction of sp³-hybridized carbons (Fsp3) is 0.833. The molecular formula is C12H24ClN. The Morgan fingerprint density at radius 2 is 1.64 bits per heavy atom. The standard InChI is InChI=1S/C12H24ClN/c1-10(2)12(11(3)4)9-14-8-6-5-7-13/h5-6,10-12,14H,7-9H2,1-4H3/b6-5+. The fourth-order valence-corrected chi connectivity index (χ4v) is 1.85. The molecular weight excluding hydrogens is 194 g/mol. The molecule has 0 heterocycles. The zero-order chi connectivity index (χ0) is 11.0. The van der Waals surface area contributed by atoms with E-state index in [0.717, 1.165) is 30.8 Å². The highest BCUT2D eigenvalue weighted by Crippen LogP contribution is 2.19. The third-order valence-corrected chi connectivity index (χ3v) is 2.79. The van der Waals surface area contributed by atoms with E-state index in [1.54, 1.807) is 0 Å². The second kappa shape index (κ2) is 8.31. The lowest BCUT2D eigenvalue weighted by molar-refractivity contribution is 0.279. The van der Waals surface area contributed by atoms with Crippen LogP contribution in [-0.2, 0) is 0 Å². The summed E-state index contributed by atoms with van der Waals surface area (Å²) >= 11 is 5.53. The number of alkyl halides is 1. The topological polar surface area (TPSA) is 12.0 Å². The summed E-state index contributed by atoms with van der Waals surface area (Å²) < 4.78 is 0. The van der Waals surface area contributed by atoms with Gasteiger partial charge in [-0.05, 0) is 24.3 Å². The van der Waals surface area contributed by atoms with Crippen molar-refractivity contribution >= 4 is 11.6 Å². The van der Waals surface area contributed by atoms with Crippen molar-refractivity contribution in [1.82, 2.24) is 5.32 Å². The van der Waals surface area contributed by atoms with Gasteiger partial charge in [-0.2, -0.15) is 0 Å².